The highest BCUT2D eigenvalue weighted by Gasteiger charge is 2.33. The molecule has 0 spiro atoms. The molecule has 19 heavy (non-hydrogen) atoms. The van der Waals surface area contributed by atoms with Crippen LogP contribution in [0, 0.1) is 5.92 Å². The Morgan fingerprint density at radius 3 is 3.05 bits per heavy atom. The number of ether oxygens (including phenoxy) is 2. The average Bonchev–Trinajstić information content (AvgIpc) is 2.97. The Labute approximate surface area is 119 Å². The molecule has 0 radical (unpaired) electrons. The van der Waals surface area contributed by atoms with Crippen molar-refractivity contribution in [3.8, 4) is 0 Å². The third kappa shape index (κ3) is 3.28. The average molecular weight is 288 g/mol. The molecule has 0 saturated carbocycles. The van der Waals surface area contributed by atoms with E-state index < -0.39 is 0 Å². The maximum absolute atomic E-state index is 6.31. The molecule has 1 aromatic heterocycles. The lowest BCUT2D eigenvalue weighted by Gasteiger charge is -2.23. The van der Waals surface area contributed by atoms with Gasteiger partial charge in [-0.1, -0.05) is 11.6 Å². The molecule has 1 aromatic rings. The third-order valence-corrected chi connectivity index (χ3v) is 3.94. The fraction of sp³-hybridized carbons (Fsp3) is 0.769. The normalized spacial score (nSPS) is 24.8. The molecule has 2 rings (SSSR count). The molecular weight excluding hydrogens is 266 g/mol. The van der Waals surface area contributed by atoms with Crippen molar-refractivity contribution in [2.75, 3.05) is 27.4 Å². The highest BCUT2D eigenvalue weighted by atomic mass is 35.5. The topological polar surface area (TPSA) is 48.3 Å². The van der Waals surface area contributed by atoms with Crippen molar-refractivity contribution in [3.63, 3.8) is 0 Å². The van der Waals surface area contributed by atoms with Gasteiger partial charge in [-0.3, -0.25) is 4.68 Å². The van der Waals surface area contributed by atoms with Crippen LogP contribution in [0.2, 0.25) is 5.02 Å². The van der Waals surface area contributed by atoms with Gasteiger partial charge in [-0.15, -0.1) is 0 Å². The molecule has 1 aliphatic rings. The van der Waals surface area contributed by atoms with E-state index >= 15 is 0 Å². The van der Waals surface area contributed by atoms with Gasteiger partial charge in [0, 0.05) is 13.0 Å². The summed E-state index contributed by atoms with van der Waals surface area (Å²) in [6.07, 6.45) is 3.06. The van der Waals surface area contributed by atoms with Gasteiger partial charge in [-0.25, -0.2) is 0 Å². The molecule has 3 unspecified atom stereocenters. The first-order valence-corrected chi connectivity index (χ1v) is 7.04. The molecule has 0 aliphatic carbocycles. The monoisotopic (exact) mass is 287 g/mol. The molecule has 0 amide bonds. The SMILES string of the molecule is CNC(c1c(Cl)cnn1CCOC)C1COC(C)C1. The first kappa shape index (κ1) is 14.8. The summed E-state index contributed by atoms with van der Waals surface area (Å²) in [6.45, 7) is 4.20. The second-order valence-electron chi connectivity index (χ2n) is 5.00. The van der Waals surface area contributed by atoms with E-state index in [0.717, 1.165) is 18.7 Å². The molecule has 1 saturated heterocycles. The lowest BCUT2D eigenvalue weighted by molar-refractivity contribution is 0.116. The Balaban J connectivity index is 2.19. The maximum Gasteiger partial charge on any atom is 0.0834 e. The van der Waals surface area contributed by atoms with Gasteiger partial charge in [0.15, 0.2) is 0 Å². The number of nitrogens with one attached hydrogen (secondary N) is 1. The van der Waals surface area contributed by atoms with Crippen LogP contribution in [0.15, 0.2) is 6.20 Å². The minimum absolute atomic E-state index is 0.164. The smallest absolute Gasteiger partial charge is 0.0834 e. The predicted octanol–water partition coefficient (Wildman–Crippen LogP) is 1.87. The zero-order chi connectivity index (χ0) is 13.8. The number of methoxy groups -OCH3 is 1. The fourth-order valence-electron chi connectivity index (χ4n) is 2.72. The molecule has 0 aromatic carbocycles. The Morgan fingerprint density at radius 1 is 1.68 bits per heavy atom. The maximum atomic E-state index is 6.31. The zero-order valence-corrected chi connectivity index (χ0v) is 12.5. The quantitative estimate of drug-likeness (QED) is 0.868. The van der Waals surface area contributed by atoms with Crippen molar-refractivity contribution in [1.82, 2.24) is 15.1 Å². The summed E-state index contributed by atoms with van der Waals surface area (Å²) in [5.74, 6) is 0.426. The summed E-state index contributed by atoms with van der Waals surface area (Å²) in [5.41, 5.74) is 1.03. The van der Waals surface area contributed by atoms with Gasteiger partial charge >= 0.3 is 0 Å². The molecule has 1 N–H and O–H groups in total. The highest BCUT2D eigenvalue weighted by Crippen LogP contribution is 2.34. The fourth-order valence-corrected chi connectivity index (χ4v) is 2.97. The van der Waals surface area contributed by atoms with Crippen LogP contribution in [-0.2, 0) is 16.0 Å². The van der Waals surface area contributed by atoms with Crippen LogP contribution in [0.3, 0.4) is 0 Å². The predicted molar refractivity (Wildman–Crippen MR) is 74.4 cm³/mol. The van der Waals surface area contributed by atoms with Crippen molar-refractivity contribution in [2.45, 2.75) is 32.0 Å². The summed E-state index contributed by atoms with van der Waals surface area (Å²) in [4.78, 5) is 0. The van der Waals surface area contributed by atoms with Crippen LogP contribution < -0.4 is 5.32 Å². The van der Waals surface area contributed by atoms with Crippen LogP contribution >= 0.6 is 11.6 Å². The Morgan fingerprint density at radius 2 is 2.47 bits per heavy atom. The van der Waals surface area contributed by atoms with E-state index in [1.165, 1.54) is 0 Å². The van der Waals surface area contributed by atoms with E-state index in [1.807, 2.05) is 11.7 Å². The molecule has 6 heteroatoms. The number of rotatable bonds is 6. The zero-order valence-electron chi connectivity index (χ0n) is 11.7. The number of halogens is 1. The van der Waals surface area contributed by atoms with E-state index in [4.69, 9.17) is 21.1 Å². The highest BCUT2D eigenvalue weighted by molar-refractivity contribution is 6.31. The lowest BCUT2D eigenvalue weighted by atomic mass is 9.94. The van der Waals surface area contributed by atoms with E-state index in [1.54, 1.807) is 13.3 Å². The molecular formula is C13H22ClN3O2. The first-order chi connectivity index (χ1) is 9.17. The van der Waals surface area contributed by atoms with Crippen molar-refractivity contribution in [3.05, 3.63) is 16.9 Å². The standard InChI is InChI=1S/C13H22ClN3O2/c1-9-6-10(8-19-9)12(15-2)13-11(14)7-16-17(13)4-5-18-3/h7,9-10,12,15H,4-6,8H2,1-3H3. The first-order valence-electron chi connectivity index (χ1n) is 6.66. The summed E-state index contributed by atoms with van der Waals surface area (Å²) in [7, 11) is 3.64. The summed E-state index contributed by atoms with van der Waals surface area (Å²) in [6, 6.07) is 0.164. The molecule has 1 aliphatic heterocycles. The van der Waals surface area contributed by atoms with Gasteiger partial charge in [0.1, 0.15) is 0 Å². The van der Waals surface area contributed by atoms with E-state index in [0.29, 0.717) is 30.2 Å². The van der Waals surface area contributed by atoms with Gasteiger partial charge in [-0.05, 0) is 20.4 Å². The van der Waals surface area contributed by atoms with Crippen molar-refractivity contribution in [1.29, 1.82) is 0 Å². The van der Waals surface area contributed by atoms with Gasteiger partial charge < -0.3 is 14.8 Å². The lowest BCUT2D eigenvalue weighted by Crippen LogP contribution is -2.29. The molecule has 3 atom stereocenters. The second-order valence-corrected chi connectivity index (χ2v) is 5.41. The minimum atomic E-state index is 0.164. The Kier molecular flexibility index (Phi) is 5.21. The van der Waals surface area contributed by atoms with Gasteiger partial charge in [0.2, 0.25) is 0 Å². The molecule has 2 heterocycles. The third-order valence-electron chi connectivity index (χ3n) is 3.65. The van der Waals surface area contributed by atoms with Gasteiger partial charge in [-0.2, -0.15) is 5.10 Å². The molecule has 108 valence electrons. The van der Waals surface area contributed by atoms with E-state index in [-0.39, 0.29) is 6.04 Å². The van der Waals surface area contributed by atoms with Crippen LogP contribution in [0.25, 0.3) is 0 Å². The number of hydrogen-bond donors (Lipinski definition) is 1. The summed E-state index contributed by atoms with van der Waals surface area (Å²) in [5, 5.41) is 8.40. The minimum Gasteiger partial charge on any atom is -0.383 e. The molecule has 1 fully saturated rings. The second kappa shape index (κ2) is 6.70. The van der Waals surface area contributed by atoms with Crippen LogP contribution in [0.5, 0.6) is 0 Å². The Bertz CT molecular complexity index is 411. The van der Waals surface area contributed by atoms with Crippen LogP contribution in [0.4, 0.5) is 0 Å². The van der Waals surface area contributed by atoms with E-state index in [2.05, 4.69) is 17.3 Å². The summed E-state index contributed by atoms with van der Waals surface area (Å²) >= 11 is 6.31. The van der Waals surface area contributed by atoms with Crippen molar-refractivity contribution in [2.24, 2.45) is 5.92 Å². The number of hydrogen-bond acceptors (Lipinski definition) is 4. The van der Waals surface area contributed by atoms with Gasteiger partial charge in [0.05, 0.1) is 48.8 Å². The molecule has 5 nitrogen and oxygen atoms in total. The van der Waals surface area contributed by atoms with E-state index in [9.17, 15) is 0 Å². The van der Waals surface area contributed by atoms with Crippen LogP contribution in [0.1, 0.15) is 25.1 Å². The Hall–Kier alpha value is -0.620. The number of aromatic nitrogens is 2. The van der Waals surface area contributed by atoms with Crippen molar-refractivity contribution >= 4 is 11.6 Å². The summed E-state index contributed by atoms with van der Waals surface area (Å²) < 4.78 is 12.7. The van der Waals surface area contributed by atoms with Gasteiger partial charge in [0.25, 0.3) is 0 Å². The van der Waals surface area contributed by atoms with Crippen LogP contribution in [-0.4, -0.2) is 43.3 Å². The van der Waals surface area contributed by atoms with Crippen molar-refractivity contribution < 1.29 is 9.47 Å². The molecule has 0 bridgehead atoms. The largest absolute Gasteiger partial charge is 0.383 e. The number of nitrogens with zero attached hydrogens (tertiary/aromatic N) is 2.